The first kappa shape index (κ1) is 25.9. The van der Waals surface area contributed by atoms with Crippen molar-refractivity contribution in [2.75, 3.05) is 30.4 Å². The predicted molar refractivity (Wildman–Crippen MR) is 138 cm³/mol. The van der Waals surface area contributed by atoms with Crippen LogP contribution >= 0.6 is 24.4 Å². The summed E-state index contributed by atoms with van der Waals surface area (Å²) in [5.41, 5.74) is 2.11. The first-order valence-electron chi connectivity index (χ1n) is 11.0. The molecule has 1 aliphatic heterocycles. The standard InChI is InChI=1S/C25H28FN3O3S2/c1-34-13-11-21(25(31)32)29-24(30)20-9-8-19(28-15-22-23(33)10-12-27-22)14-17(20)5-2-16-3-6-18(26)7-4-16/h3-4,6-9,14,21-23,27-28,33H,10-13,15H2,1H3,(H,29,30)(H,31,32)/t21-,22?,23?/m0/s1. The largest absolute Gasteiger partial charge is 0.480 e. The highest BCUT2D eigenvalue weighted by molar-refractivity contribution is 7.98. The molecule has 3 atom stereocenters. The molecule has 0 radical (unpaired) electrons. The van der Waals surface area contributed by atoms with Gasteiger partial charge in [0.05, 0.1) is 5.56 Å². The van der Waals surface area contributed by atoms with E-state index in [1.165, 1.54) is 23.9 Å². The molecule has 0 bridgehead atoms. The van der Waals surface area contributed by atoms with E-state index in [-0.39, 0.29) is 22.7 Å². The van der Waals surface area contributed by atoms with Gasteiger partial charge in [-0.1, -0.05) is 11.8 Å². The molecule has 180 valence electrons. The summed E-state index contributed by atoms with van der Waals surface area (Å²) in [4.78, 5) is 24.6. The molecule has 0 spiro atoms. The lowest BCUT2D eigenvalue weighted by molar-refractivity contribution is -0.139. The van der Waals surface area contributed by atoms with E-state index in [1.54, 1.807) is 30.3 Å². The Morgan fingerprint density at radius 3 is 2.68 bits per heavy atom. The minimum absolute atomic E-state index is 0.229. The summed E-state index contributed by atoms with van der Waals surface area (Å²) in [7, 11) is 0. The van der Waals surface area contributed by atoms with E-state index in [2.05, 4.69) is 40.4 Å². The molecule has 2 unspecified atom stereocenters. The van der Waals surface area contributed by atoms with Crippen molar-refractivity contribution in [2.45, 2.75) is 30.2 Å². The van der Waals surface area contributed by atoms with Gasteiger partial charge >= 0.3 is 5.97 Å². The first-order valence-corrected chi connectivity index (χ1v) is 12.9. The van der Waals surface area contributed by atoms with Crippen molar-refractivity contribution in [3.05, 3.63) is 65.0 Å². The summed E-state index contributed by atoms with van der Waals surface area (Å²) in [6, 6.07) is 10.2. The quantitative estimate of drug-likeness (QED) is 0.268. The highest BCUT2D eigenvalue weighted by atomic mass is 32.2. The van der Waals surface area contributed by atoms with Crippen LogP contribution in [0.2, 0.25) is 0 Å². The zero-order valence-electron chi connectivity index (χ0n) is 18.8. The number of halogens is 1. The fourth-order valence-electron chi connectivity index (χ4n) is 3.55. The van der Waals surface area contributed by atoms with Gasteiger partial charge in [0.25, 0.3) is 5.91 Å². The highest BCUT2D eigenvalue weighted by Crippen LogP contribution is 2.19. The molecule has 1 fully saturated rings. The molecule has 34 heavy (non-hydrogen) atoms. The third-order valence-electron chi connectivity index (χ3n) is 5.50. The number of carbonyl (C=O) groups is 2. The molecule has 2 aromatic rings. The number of aliphatic carboxylic acids is 1. The van der Waals surface area contributed by atoms with Crippen molar-refractivity contribution in [2.24, 2.45) is 0 Å². The van der Waals surface area contributed by atoms with Crippen molar-refractivity contribution >= 4 is 42.0 Å². The molecule has 0 aliphatic carbocycles. The van der Waals surface area contributed by atoms with Crippen LogP contribution in [0.4, 0.5) is 10.1 Å². The maximum Gasteiger partial charge on any atom is 0.326 e. The SMILES string of the molecule is CSCC[C@H](NC(=O)c1ccc(NCC2NCCC2S)cc1C#Cc1ccc(F)cc1)C(=O)O. The summed E-state index contributed by atoms with van der Waals surface area (Å²) >= 11 is 6.11. The summed E-state index contributed by atoms with van der Waals surface area (Å²) in [5, 5.41) is 19.1. The normalized spacial score (nSPS) is 18.0. The van der Waals surface area contributed by atoms with Gasteiger partial charge in [-0.2, -0.15) is 24.4 Å². The topological polar surface area (TPSA) is 90.5 Å². The molecule has 0 saturated carbocycles. The average Bonchev–Trinajstić information content (AvgIpc) is 3.24. The van der Waals surface area contributed by atoms with E-state index in [0.29, 0.717) is 29.8 Å². The number of carbonyl (C=O) groups excluding carboxylic acids is 1. The molecule has 2 aromatic carbocycles. The second-order valence-electron chi connectivity index (χ2n) is 7.96. The molecule has 6 nitrogen and oxygen atoms in total. The van der Waals surface area contributed by atoms with E-state index in [4.69, 9.17) is 0 Å². The number of thioether (sulfide) groups is 1. The molecule has 1 aliphatic rings. The van der Waals surface area contributed by atoms with Gasteiger partial charge in [0.2, 0.25) is 0 Å². The number of rotatable bonds is 9. The predicted octanol–water partition coefficient (Wildman–Crippen LogP) is 3.23. The monoisotopic (exact) mass is 501 g/mol. The van der Waals surface area contributed by atoms with Gasteiger partial charge in [-0.25, -0.2) is 9.18 Å². The number of carboxylic acids is 1. The van der Waals surface area contributed by atoms with Crippen LogP contribution in [0, 0.1) is 17.7 Å². The Labute approximate surface area is 208 Å². The second kappa shape index (κ2) is 12.7. The Balaban J connectivity index is 1.85. The van der Waals surface area contributed by atoms with Crippen LogP contribution < -0.4 is 16.0 Å². The second-order valence-corrected chi connectivity index (χ2v) is 9.61. The van der Waals surface area contributed by atoms with Crippen molar-refractivity contribution in [3.8, 4) is 11.8 Å². The molecule has 1 amide bonds. The Morgan fingerprint density at radius 1 is 1.26 bits per heavy atom. The van der Waals surface area contributed by atoms with Gasteiger partial charge < -0.3 is 21.1 Å². The van der Waals surface area contributed by atoms with Gasteiger partial charge in [0, 0.05) is 34.7 Å². The van der Waals surface area contributed by atoms with E-state index in [9.17, 15) is 19.1 Å². The van der Waals surface area contributed by atoms with Crippen molar-refractivity contribution < 1.29 is 19.1 Å². The van der Waals surface area contributed by atoms with Crippen molar-refractivity contribution in [3.63, 3.8) is 0 Å². The number of anilines is 1. The zero-order valence-corrected chi connectivity index (χ0v) is 20.5. The van der Waals surface area contributed by atoms with Gasteiger partial charge in [-0.3, -0.25) is 4.79 Å². The Morgan fingerprint density at radius 2 is 2.03 bits per heavy atom. The number of carboxylic acid groups (broad SMARTS) is 1. The van der Waals surface area contributed by atoms with Crippen LogP contribution in [0.5, 0.6) is 0 Å². The van der Waals surface area contributed by atoms with Gasteiger partial charge in [-0.15, -0.1) is 0 Å². The van der Waals surface area contributed by atoms with Gasteiger partial charge in [-0.05, 0) is 73.9 Å². The summed E-state index contributed by atoms with van der Waals surface area (Å²) in [5.74, 6) is 4.62. The lowest BCUT2D eigenvalue weighted by Gasteiger charge is -2.18. The van der Waals surface area contributed by atoms with E-state index in [0.717, 1.165) is 18.7 Å². The molecular weight excluding hydrogens is 473 g/mol. The molecule has 4 N–H and O–H groups in total. The minimum Gasteiger partial charge on any atom is -0.480 e. The number of hydrogen-bond donors (Lipinski definition) is 5. The van der Waals surface area contributed by atoms with Crippen LogP contribution in [0.25, 0.3) is 0 Å². The van der Waals surface area contributed by atoms with Crippen LogP contribution in [0.1, 0.15) is 34.3 Å². The molecule has 9 heteroatoms. The molecular formula is C25H28FN3O3S2. The number of hydrogen-bond acceptors (Lipinski definition) is 6. The fraction of sp³-hybridized carbons (Fsp3) is 0.360. The van der Waals surface area contributed by atoms with E-state index >= 15 is 0 Å². The maximum absolute atomic E-state index is 13.2. The molecule has 3 rings (SSSR count). The van der Waals surface area contributed by atoms with Crippen LogP contribution in [-0.2, 0) is 4.79 Å². The van der Waals surface area contributed by atoms with Crippen molar-refractivity contribution in [1.82, 2.24) is 10.6 Å². The minimum atomic E-state index is -1.08. The van der Waals surface area contributed by atoms with Crippen molar-refractivity contribution in [1.29, 1.82) is 0 Å². The van der Waals surface area contributed by atoms with Gasteiger partial charge in [0.1, 0.15) is 11.9 Å². The highest BCUT2D eigenvalue weighted by Gasteiger charge is 2.24. The Kier molecular flexibility index (Phi) is 9.69. The summed E-state index contributed by atoms with van der Waals surface area (Å²) in [6.07, 6.45) is 3.20. The molecule has 1 saturated heterocycles. The van der Waals surface area contributed by atoms with Crippen LogP contribution in [-0.4, -0.2) is 59.4 Å². The fourth-order valence-corrected chi connectivity index (χ4v) is 4.36. The Bertz CT molecular complexity index is 1070. The third kappa shape index (κ3) is 7.42. The smallest absolute Gasteiger partial charge is 0.326 e. The number of benzene rings is 2. The maximum atomic E-state index is 13.2. The lowest BCUT2D eigenvalue weighted by atomic mass is 10.0. The lowest BCUT2D eigenvalue weighted by Crippen LogP contribution is -2.41. The number of nitrogens with one attached hydrogen (secondary N) is 3. The average molecular weight is 502 g/mol. The summed E-state index contributed by atoms with van der Waals surface area (Å²) < 4.78 is 13.2. The third-order valence-corrected chi connectivity index (χ3v) is 6.76. The van der Waals surface area contributed by atoms with Crippen LogP contribution in [0.3, 0.4) is 0 Å². The number of amides is 1. The van der Waals surface area contributed by atoms with Crippen LogP contribution in [0.15, 0.2) is 42.5 Å². The summed E-state index contributed by atoms with van der Waals surface area (Å²) in [6.45, 7) is 1.59. The number of thiol groups is 1. The molecule has 0 aromatic heterocycles. The molecule has 1 heterocycles. The van der Waals surface area contributed by atoms with Gasteiger partial charge in [0.15, 0.2) is 0 Å². The first-order chi connectivity index (χ1) is 16.4. The van der Waals surface area contributed by atoms with E-state index < -0.39 is 17.9 Å². The Hall–Kier alpha value is -2.67. The van der Waals surface area contributed by atoms with E-state index in [1.807, 2.05) is 6.26 Å². The zero-order chi connectivity index (χ0) is 24.5.